The molecule has 3 amide bonds. The second-order valence-corrected chi connectivity index (χ2v) is 13.3. The van der Waals surface area contributed by atoms with Crippen molar-refractivity contribution >= 4 is 40.4 Å². The van der Waals surface area contributed by atoms with E-state index < -0.39 is 23.9 Å². The minimum Gasteiger partial charge on any atom is -0.361 e. The zero-order valence-electron chi connectivity index (χ0n) is 27.7. The van der Waals surface area contributed by atoms with E-state index >= 15 is 0 Å². The number of nitrogens with zero attached hydrogens (tertiary/aromatic N) is 2. The Kier molecular flexibility index (Phi) is 12.8. The standard InChI is InChI=1S/C36H45FN8O3S/c1-45-31(18-24-20-40-28-11-4-3-10-27(24)28)34(47)42-19-23-9-2-5-14-32(23)49-35-25(17-26(37)22-43-35)21-41-29(13-8-16-39)33(46)44-30(36(45)48)12-6-7-15-38/h2-5,9-11,14,17,20,22,29-31,40-41H,6-8,12-13,15-16,18-19,21,38-39H2,1H3,(H,42,47)(H,44,46)/t29-,30-,31-/m0/s1. The van der Waals surface area contributed by atoms with Crippen LogP contribution in [-0.4, -0.2) is 70.9 Å². The second-order valence-electron chi connectivity index (χ2n) is 12.3. The largest absolute Gasteiger partial charge is 0.361 e. The number of carbonyl (C=O) groups excluding carboxylic acids is 3. The van der Waals surface area contributed by atoms with Gasteiger partial charge in [0.05, 0.1) is 12.2 Å². The number of pyridine rings is 1. The molecule has 4 aromatic rings. The van der Waals surface area contributed by atoms with Crippen LogP contribution in [0.3, 0.4) is 0 Å². The molecule has 0 spiro atoms. The molecule has 0 radical (unpaired) electrons. The Morgan fingerprint density at radius 2 is 1.67 bits per heavy atom. The van der Waals surface area contributed by atoms with Crippen LogP contribution >= 0.6 is 11.8 Å². The summed E-state index contributed by atoms with van der Waals surface area (Å²) in [6.07, 6.45) is 5.87. The van der Waals surface area contributed by atoms with E-state index in [1.807, 2.05) is 54.7 Å². The fraction of sp³-hybridized carbons (Fsp3) is 0.389. The first-order valence-electron chi connectivity index (χ1n) is 16.7. The number of amides is 3. The molecule has 1 aliphatic heterocycles. The Balaban J connectivity index is 1.55. The normalized spacial score (nSPS) is 19.6. The van der Waals surface area contributed by atoms with Crippen LogP contribution in [0.5, 0.6) is 0 Å². The van der Waals surface area contributed by atoms with Gasteiger partial charge in [0.2, 0.25) is 17.7 Å². The van der Waals surface area contributed by atoms with Crippen LogP contribution in [0.2, 0.25) is 0 Å². The molecule has 2 aromatic heterocycles. The van der Waals surface area contributed by atoms with E-state index in [-0.39, 0.29) is 37.2 Å². The molecule has 3 atom stereocenters. The van der Waals surface area contributed by atoms with Gasteiger partial charge in [0.1, 0.15) is 22.9 Å². The van der Waals surface area contributed by atoms with E-state index in [9.17, 15) is 18.8 Å². The molecule has 0 aliphatic carbocycles. The van der Waals surface area contributed by atoms with Gasteiger partial charge in [-0.2, -0.15) is 0 Å². The lowest BCUT2D eigenvalue weighted by molar-refractivity contribution is -0.142. The number of carbonyl (C=O) groups is 3. The number of para-hydroxylation sites is 1. The first-order chi connectivity index (χ1) is 23.8. The SMILES string of the molecule is CN1C(=O)[C@H](CCCCN)NC(=O)[C@H](CCCN)NCc2cc(F)cnc2Sc2ccccc2CNC(=O)[C@@H]1Cc1c[nH]c2ccccc12. The minimum absolute atomic E-state index is 0.160. The molecule has 0 saturated carbocycles. The Labute approximate surface area is 290 Å². The molecule has 8 N–H and O–H groups in total. The van der Waals surface area contributed by atoms with Gasteiger partial charge in [-0.05, 0) is 74.5 Å². The molecule has 13 heteroatoms. The van der Waals surface area contributed by atoms with Crippen LogP contribution in [0.1, 0.15) is 48.8 Å². The van der Waals surface area contributed by atoms with Gasteiger partial charge in [-0.25, -0.2) is 9.37 Å². The van der Waals surface area contributed by atoms with Crippen LogP contribution in [0, 0.1) is 5.82 Å². The van der Waals surface area contributed by atoms with Crippen LogP contribution in [0.4, 0.5) is 4.39 Å². The average Bonchev–Trinajstić information content (AvgIpc) is 3.52. The molecular formula is C36H45FN8O3S. The molecule has 0 bridgehead atoms. The number of nitrogens with two attached hydrogens (primary N) is 2. The Morgan fingerprint density at radius 1 is 0.918 bits per heavy atom. The summed E-state index contributed by atoms with van der Waals surface area (Å²) in [4.78, 5) is 52.2. The molecule has 5 rings (SSSR count). The fourth-order valence-electron chi connectivity index (χ4n) is 6.06. The number of benzene rings is 2. The van der Waals surface area contributed by atoms with E-state index in [2.05, 4.69) is 25.9 Å². The molecule has 49 heavy (non-hydrogen) atoms. The van der Waals surface area contributed by atoms with Crippen LogP contribution < -0.4 is 27.4 Å². The van der Waals surface area contributed by atoms with Gasteiger partial charge >= 0.3 is 0 Å². The first kappa shape index (κ1) is 36.0. The number of unbranched alkanes of at least 4 members (excludes halogenated alkanes) is 1. The number of fused-ring (bicyclic) bond motifs is 3. The number of aromatic nitrogens is 2. The highest BCUT2D eigenvalue weighted by molar-refractivity contribution is 7.99. The molecule has 0 saturated heterocycles. The predicted octanol–water partition coefficient (Wildman–Crippen LogP) is 3.36. The smallest absolute Gasteiger partial charge is 0.245 e. The Morgan fingerprint density at radius 3 is 2.49 bits per heavy atom. The van der Waals surface area contributed by atoms with Crippen molar-refractivity contribution in [3.05, 3.63) is 89.5 Å². The van der Waals surface area contributed by atoms with Gasteiger partial charge in [0, 0.05) is 54.1 Å². The maximum Gasteiger partial charge on any atom is 0.245 e. The number of rotatable bonds is 9. The number of likely N-dealkylation sites (N-methyl/N-ethyl adjacent to an activating group) is 1. The van der Waals surface area contributed by atoms with Crippen LogP contribution in [-0.2, 0) is 33.9 Å². The van der Waals surface area contributed by atoms with Crippen molar-refractivity contribution in [2.45, 2.75) is 79.7 Å². The number of hydrogen-bond acceptors (Lipinski definition) is 8. The highest BCUT2D eigenvalue weighted by Gasteiger charge is 2.34. The molecule has 11 nitrogen and oxygen atoms in total. The number of halogens is 1. The maximum atomic E-state index is 14.5. The number of hydrogen-bond donors (Lipinski definition) is 6. The van der Waals surface area contributed by atoms with Crippen molar-refractivity contribution in [1.29, 1.82) is 0 Å². The summed E-state index contributed by atoms with van der Waals surface area (Å²) >= 11 is 1.36. The summed E-state index contributed by atoms with van der Waals surface area (Å²) in [6, 6.07) is 14.3. The van der Waals surface area contributed by atoms with Crippen LogP contribution in [0.25, 0.3) is 10.9 Å². The van der Waals surface area contributed by atoms with E-state index in [0.29, 0.717) is 55.8 Å². The molecule has 2 aromatic carbocycles. The molecule has 3 heterocycles. The van der Waals surface area contributed by atoms with Crippen molar-refractivity contribution in [2.24, 2.45) is 11.5 Å². The van der Waals surface area contributed by atoms with Gasteiger partial charge in [-0.1, -0.05) is 48.2 Å². The van der Waals surface area contributed by atoms with E-state index in [4.69, 9.17) is 11.5 Å². The van der Waals surface area contributed by atoms with Crippen molar-refractivity contribution in [3.63, 3.8) is 0 Å². The van der Waals surface area contributed by atoms with Crippen molar-refractivity contribution in [2.75, 3.05) is 20.1 Å². The van der Waals surface area contributed by atoms with Gasteiger partial charge in [-0.15, -0.1) is 0 Å². The number of aromatic amines is 1. The Bertz CT molecular complexity index is 1750. The summed E-state index contributed by atoms with van der Waals surface area (Å²) in [5, 5.41) is 10.9. The quantitative estimate of drug-likeness (QED) is 0.145. The zero-order chi connectivity index (χ0) is 34.8. The van der Waals surface area contributed by atoms with Gasteiger partial charge in [-0.3, -0.25) is 14.4 Å². The second kappa shape index (κ2) is 17.4. The lowest BCUT2D eigenvalue weighted by Crippen LogP contribution is -2.57. The molecule has 260 valence electrons. The monoisotopic (exact) mass is 688 g/mol. The molecule has 0 unspecified atom stereocenters. The molecule has 1 aliphatic rings. The number of nitrogens with one attached hydrogen (secondary N) is 4. The topological polar surface area (TPSA) is 171 Å². The first-order valence-corrected chi connectivity index (χ1v) is 17.5. The van der Waals surface area contributed by atoms with Gasteiger partial charge in [0.15, 0.2) is 0 Å². The average molecular weight is 689 g/mol. The highest BCUT2D eigenvalue weighted by Crippen LogP contribution is 2.32. The summed E-state index contributed by atoms with van der Waals surface area (Å²) < 4.78 is 14.5. The van der Waals surface area contributed by atoms with E-state index in [1.54, 1.807) is 7.05 Å². The van der Waals surface area contributed by atoms with E-state index in [1.165, 1.54) is 28.9 Å². The summed E-state index contributed by atoms with van der Waals surface area (Å²) in [6.45, 7) is 1.17. The molecule has 0 fully saturated rings. The summed E-state index contributed by atoms with van der Waals surface area (Å²) in [5.74, 6) is -1.58. The predicted molar refractivity (Wildman–Crippen MR) is 189 cm³/mol. The third-order valence-electron chi connectivity index (χ3n) is 8.84. The van der Waals surface area contributed by atoms with Crippen molar-refractivity contribution < 1.29 is 18.8 Å². The zero-order valence-corrected chi connectivity index (χ0v) is 28.5. The maximum absolute atomic E-state index is 14.5. The fourth-order valence-corrected chi connectivity index (χ4v) is 7.05. The number of H-pyrrole nitrogens is 1. The van der Waals surface area contributed by atoms with Crippen molar-refractivity contribution in [1.82, 2.24) is 30.8 Å². The Hall–Kier alpha value is -4.30. The van der Waals surface area contributed by atoms with Crippen molar-refractivity contribution in [3.8, 4) is 0 Å². The lowest BCUT2D eigenvalue weighted by atomic mass is 10.0. The van der Waals surface area contributed by atoms with Gasteiger partial charge < -0.3 is 37.3 Å². The lowest BCUT2D eigenvalue weighted by Gasteiger charge is -2.32. The highest BCUT2D eigenvalue weighted by atomic mass is 32.2. The third kappa shape index (κ3) is 9.24. The summed E-state index contributed by atoms with van der Waals surface area (Å²) in [5.41, 5.74) is 14.8. The molecular weight excluding hydrogens is 644 g/mol. The summed E-state index contributed by atoms with van der Waals surface area (Å²) in [7, 11) is 1.61. The minimum atomic E-state index is -0.900. The van der Waals surface area contributed by atoms with Gasteiger partial charge in [0.25, 0.3) is 0 Å². The third-order valence-corrected chi connectivity index (χ3v) is 10.0. The van der Waals surface area contributed by atoms with E-state index in [0.717, 1.165) is 26.9 Å². The van der Waals surface area contributed by atoms with Crippen LogP contribution in [0.15, 0.2) is 76.9 Å².